The quantitative estimate of drug-likeness (QED) is 0.671. The van der Waals surface area contributed by atoms with E-state index in [4.69, 9.17) is 4.74 Å². The van der Waals surface area contributed by atoms with Crippen LogP contribution < -0.4 is 5.32 Å². The Morgan fingerprint density at radius 2 is 1.67 bits per heavy atom. The predicted octanol–water partition coefficient (Wildman–Crippen LogP) is 5.32. The average Bonchev–Trinajstić information content (AvgIpc) is 3.46. The van der Waals surface area contributed by atoms with E-state index in [1.54, 1.807) is 4.90 Å². The van der Waals surface area contributed by atoms with Gasteiger partial charge in [0.25, 0.3) is 0 Å². The van der Waals surface area contributed by atoms with Crippen molar-refractivity contribution in [1.29, 1.82) is 0 Å². The first-order valence-electron chi connectivity index (χ1n) is 12.6. The molecule has 0 unspecified atom stereocenters. The van der Waals surface area contributed by atoms with Gasteiger partial charge in [0.15, 0.2) is 0 Å². The Morgan fingerprint density at radius 1 is 1.06 bits per heavy atom. The Kier molecular flexibility index (Phi) is 6.41. The number of hydrogen-bond donors (Lipinski definition) is 1. The zero-order chi connectivity index (χ0) is 23.9. The number of benzene rings is 1. The Morgan fingerprint density at radius 3 is 2.24 bits per heavy atom. The molecule has 6 heteroatoms. The van der Waals surface area contributed by atoms with Crippen molar-refractivity contribution in [3.05, 3.63) is 35.9 Å². The number of amides is 3. The highest BCUT2D eigenvalue weighted by Crippen LogP contribution is 2.60. The standard InChI is InChI=1S/C27H41N3O3/c1-25(2,3)33-24(32)30-17-11-21(12-18-30)29(5)23(31)28-22-19-27(22)15-13-26(4,14-16-27)20-9-7-6-8-10-20/h6-10,21-22H,11-19H2,1-5H3,(H,28,31)/t22-,26?,27?/m0/s1. The minimum atomic E-state index is -0.484. The van der Waals surface area contributed by atoms with Gasteiger partial charge in [-0.25, -0.2) is 9.59 Å². The van der Waals surface area contributed by atoms with E-state index in [0.29, 0.717) is 24.5 Å². The summed E-state index contributed by atoms with van der Waals surface area (Å²) in [4.78, 5) is 28.9. The van der Waals surface area contributed by atoms with Crippen molar-refractivity contribution in [2.45, 2.75) is 95.7 Å². The maximum absolute atomic E-state index is 13.0. The van der Waals surface area contributed by atoms with Crippen LogP contribution in [0.2, 0.25) is 0 Å². The van der Waals surface area contributed by atoms with Crippen molar-refractivity contribution < 1.29 is 14.3 Å². The molecule has 182 valence electrons. The van der Waals surface area contributed by atoms with Crippen LogP contribution in [0.5, 0.6) is 0 Å². The molecule has 1 aliphatic heterocycles. The minimum absolute atomic E-state index is 0.0315. The van der Waals surface area contributed by atoms with Gasteiger partial charge in [0, 0.05) is 32.2 Å². The first kappa shape index (κ1) is 23.9. The summed E-state index contributed by atoms with van der Waals surface area (Å²) in [6, 6.07) is 11.4. The normalized spacial score (nSPS) is 30.1. The molecule has 3 amide bonds. The number of piperidine rings is 1. The van der Waals surface area contributed by atoms with Crippen molar-refractivity contribution in [3.8, 4) is 0 Å². The fourth-order valence-corrected chi connectivity index (χ4v) is 5.71. The smallest absolute Gasteiger partial charge is 0.410 e. The molecule has 1 aromatic carbocycles. The van der Waals surface area contributed by atoms with Crippen molar-refractivity contribution in [3.63, 3.8) is 0 Å². The van der Waals surface area contributed by atoms with Crippen LogP contribution in [0.3, 0.4) is 0 Å². The van der Waals surface area contributed by atoms with Gasteiger partial charge in [-0.3, -0.25) is 0 Å². The number of rotatable bonds is 3. The van der Waals surface area contributed by atoms with Gasteiger partial charge in [0.05, 0.1) is 0 Å². The van der Waals surface area contributed by atoms with Crippen LogP contribution in [0.1, 0.15) is 78.2 Å². The molecule has 0 aromatic heterocycles. The summed E-state index contributed by atoms with van der Waals surface area (Å²) < 4.78 is 5.48. The molecule has 1 saturated heterocycles. The largest absolute Gasteiger partial charge is 0.444 e. The summed E-state index contributed by atoms with van der Waals surface area (Å²) in [6.45, 7) is 9.30. The van der Waals surface area contributed by atoms with Crippen LogP contribution in [0.15, 0.2) is 30.3 Å². The lowest BCUT2D eigenvalue weighted by Gasteiger charge is -2.39. The van der Waals surface area contributed by atoms with Crippen LogP contribution in [-0.2, 0) is 10.2 Å². The molecule has 3 fully saturated rings. The summed E-state index contributed by atoms with van der Waals surface area (Å²) in [7, 11) is 1.89. The van der Waals surface area contributed by atoms with E-state index in [1.165, 1.54) is 31.2 Å². The maximum atomic E-state index is 13.0. The third-order valence-corrected chi connectivity index (χ3v) is 8.29. The molecule has 0 radical (unpaired) electrons. The van der Waals surface area contributed by atoms with E-state index >= 15 is 0 Å². The van der Waals surface area contributed by atoms with Crippen LogP contribution in [0, 0.1) is 5.41 Å². The summed E-state index contributed by atoms with van der Waals surface area (Å²) in [5.41, 5.74) is 1.51. The van der Waals surface area contributed by atoms with Crippen LogP contribution in [-0.4, -0.2) is 59.7 Å². The summed E-state index contributed by atoms with van der Waals surface area (Å²) in [5.74, 6) is 0. The summed E-state index contributed by atoms with van der Waals surface area (Å²) in [5, 5.41) is 3.33. The van der Waals surface area contributed by atoms with Crippen molar-refractivity contribution >= 4 is 12.1 Å². The third-order valence-electron chi connectivity index (χ3n) is 8.29. The van der Waals surface area contributed by atoms with Crippen molar-refractivity contribution in [1.82, 2.24) is 15.1 Å². The van der Waals surface area contributed by atoms with Gasteiger partial charge in [-0.2, -0.15) is 0 Å². The third kappa shape index (κ3) is 5.30. The molecule has 1 heterocycles. The number of hydrogen-bond acceptors (Lipinski definition) is 3. The average molecular weight is 456 g/mol. The number of ether oxygens (including phenoxy) is 1. The number of carbonyl (C=O) groups is 2. The molecular formula is C27H41N3O3. The molecule has 33 heavy (non-hydrogen) atoms. The fourth-order valence-electron chi connectivity index (χ4n) is 5.71. The Labute approximate surface area is 199 Å². The van der Waals surface area contributed by atoms with E-state index in [2.05, 4.69) is 42.6 Å². The van der Waals surface area contributed by atoms with Gasteiger partial charge in [-0.05, 0) is 82.1 Å². The lowest BCUT2D eigenvalue weighted by atomic mass is 9.66. The molecular weight excluding hydrogens is 414 g/mol. The van der Waals surface area contributed by atoms with Gasteiger partial charge in [0.1, 0.15) is 5.60 Å². The van der Waals surface area contributed by atoms with E-state index in [-0.39, 0.29) is 23.6 Å². The van der Waals surface area contributed by atoms with Crippen LogP contribution in [0.25, 0.3) is 0 Å². The molecule has 0 bridgehead atoms. The second-order valence-electron chi connectivity index (χ2n) is 11.8. The SMILES string of the molecule is CN(C(=O)N[C@H]1CC12CCC(C)(c1ccccc1)CC2)C1CCN(C(=O)OC(C)(C)C)CC1. The molecule has 2 aliphatic carbocycles. The van der Waals surface area contributed by atoms with E-state index in [1.807, 2.05) is 32.7 Å². The van der Waals surface area contributed by atoms with Gasteiger partial charge in [0.2, 0.25) is 0 Å². The first-order valence-corrected chi connectivity index (χ1v) is 12.6. The van der Waals surface area contributed by atoms with E-state index < -0.39 is 5.60 Å². The topological polar surface area (TPSA) is 61.9 Å². The summed E-state index contributed by atoms with van der Waals surface area (Å²) in [6.07, 6.45) is 7.15. The summed E-state index contributed by atoms with van der Waals surface area (Å²) >= 11 is 0. The van der Waals surface area contributed by atoms with E-state index in [0.717, 1.165) is 19.3 Å². The lowest BCUT2D eigenvalue weighted by Crippen LogP contribution is -2.51. The van der Waals surface area contributed by atoms with Gasteiger partial charge in [-0.15, -0.1) is 0 Å². The maximum Gasteiger partial charge on any atom is 0.410 e. The second kappa shape index (κ2) is 8.84. The second-order valence-corrected chi connectivity index (χ2v) is 11.8. The van der Waals surface area contributed by atoms with Gasteiger partial charge >= 0.3 is 12.1 Å². The van der Waals surface area contributed by atoms with Crippen molar-refractivity contribution in [2.75, 3.05) is 20.1 Å². The Balaban J connectivity index is 1.23. The number of carbonyl (C=O) groups excluding carboxylic acids is 2. The number of likely N-dealkylation sites (tertiary alicyclic amines) is 1. The molecule has 1 atom stereocenters. The zero-order valence-corrected chi connectivity index (χ0v) is 21.0. The molecule has 6 nitrogen and oxygen atoms in total. The van der Waals surface area contributed by atoms with E-state index in [9.17, 15) is 9.59 Å². The molecule has 1 spiro atoms. The minimum Gasteiger partial charge on any atom is -0.444 e. The number of urea groups is 1. The van der Waals surface area contributed by atoms with Crippen LogP contribution in [0.4, 0.5) is 9.59 Å². The lowest BCUT2D eigenvalue weighted by molar-refractivity contribution is 0.0172. The van der Waals surface area contributed by atoms with Gasteiger partial charge < -0.3 is 19.9 Å². The fraction of sp³-hybridized carbons (Fsp3) is 0.704. The molecule has 1 N–H and O–H groups in total. The molecule has 2 saturated carbocycles. The first-order chi connectivity index (χ1) is 15.5. The molecule has 4 rings (SSSR count). The Bertz CT molecular complexity index is 847. The monoisotopic (exact) mass is 455 g/mol. The number of nitrogens with zero attached hydrogens (tertiary/aromatic N) is 2. The van der Waals surface area contributed by atoms with Crippen molar-refractivity contribution in [2.24, 2.45) is 5.41 Å². The highest BCUT2D eigenvalue weighted by Gasteiger charge is 2.57. The van der Waals surface area contributed by atoms with Gasteiger partial charge in [-0.1, -0.05) is 37.3 Å². The molecule has 3 aliphatic rings. The van der Waals surface area contributed by atoms with Crippen LogP contribution >= 0.6 is 0 Å². The number of nitrogens with one attached hydrogen (secondary N) is 1. The predicted molar refractivity (Wildman–Crippen MR) is 130 cm³/mol. The molecule has 1 aromatic rings. The zero-order valence-electron chi connectivity index (χ0n) is 21.0. The Hall–Kier alpha value is -2.24. The highest BCUT2D eigenvalue weighted by molar-refractivity contribution is 5.75. The highest BCUT2D eigenvalue weighted by atomic mass is 16.6.